The molecule has 0 radical (unpaired) electrons. The van der Waals surface area contributed by atoms with E-state index in [-0.39, 0.29) is 29.9 Å². The lowest BCUT2D eigenvalue weighted by Crippen LogP contribution is -2.61. The highest BCUT2D eigenvalue weighted by Crippen LogP contribution is 2.36. The summed E-state index contributed by atoms with van der Waals surface area (Å²) in [5.41, 5.74) is 0.624. The van der Waals surface area contributed by atoms with E-state index in [0.717, 1.165) is 4.47 Å². The summed E-state index contributed by atoms with van der Waals surface area (Å²) in [5.74, 6) is 0.313. The van der Waals surface area contributed by atoms with Crippen LogP contribution in [0.1, 0.15) is 42.5 Å². The van der Waals surface area contributed by atoms with Crippen LogP contribution in [0.5, 0.6) is 0 Å². The molecule has 3 atom stereocenters. The van der Waals surface area contributed by atoms with E-state index >= 15 is 0 Å². The summed E-state index contributed by atoms with van der Waals surface area (Å²) in [4.78, 5) is 12.3. The molecule has 0 bridgehead atoms. The zero-order valence-corrected chi connectivity index (χ0v) is 17.6. The fourth-order valence-corrected chi connectivity index (χ4v) is 4.76. The predicted molar refractivity (Wildman–Crippen MR) is 106 cm³/mol. The van der Waals surface area contributed by atoms with E-state index in [9.17, 15) is 4.79 Å². The van der Waals surface area contributed by atoms with Crippen LogP contribution in [0, 0.1) is 5.92 Å². The van der Waals surface area contributed by atoms with Crippen LogP contribution >= 0.6 is 39.9 Å². The highest BCUT2D eigenvalue weighted by Gasteiger charge is 2.43. The largest absolute Gasteiger partial charge is 0.462 e. The second kappa shape index (κ2) is 8.30. The number of hydrogen-bond acceptors (Lipinski definition) is 2. The summed E-state index contributed by atoms with van der Waals surface area (Å²) in [6.07, 6.45) is 6.41. The van der Waals surface area contributed by atoms with Crippen molar-refractivity contribution in [3.05, 3.63) is 34.3 Å². The van der Waals surface area contributed by atoms with Crippen molar-refractivity contribution in [2.75, 3.05) is 26.7 Å². The van der Waals surface area contributed by atoms with E-state index in [2.05, 4.69) is 23.0 Å². The summed E-state index contributed by atoms with van der Waals surface area (Å²) in [5, 5.41) is 0. The minimum Gasteiger partial charge on any atom is -0.462 e. The van der Waals surface area contributed by atoms with Crippen LogP contribution in [0.15, 0.2) is 28.7 Å². The summed E-state index contributed by atoms with van der Waals surface area (Å²) in [7, 11) is 2.39. The molecule has 0 aliphatic carbocycles. The van der Waals surface area contributed by atoms with Crippen molar-refractivity contribution < 1.29 is 14.0 Å². The number of carbonyl (C=O) groups is 1. The van der Waals surface area contributed by atoms with Gasteiger partial charge in [0, 0.05) is 16.8 Å². The molecule has 1 aromatic carbocycles. The van der Waals surface area contributed by atoms with Gasteiger partial charge in [0.1, 0.15) is 6.61 Å². The minimum absolute atomic E-state index is 0. The first-order chi connectivity index (χ1) is 10.6. The van der Waals surface area contributed by atoms with Crippen LogP contribution in [0.4, 0.5) is 0 Å². The lowest BCUT2D eigenvalue weighted by molar-refractivity contribution is -0.947. The average molecular weight is 495 g/mol. The number of rotatable bonds is 3. The molecule has 0 spiro atoms. The number of benzene rings is 1. The molecule has 5 heteroatoms. The highest BCUT2D eigenvalue weighted by molar-refractivity contribution is 14.0. The number of esters is 1. The monoisotopic (exact) mass is 494 g/mol. The van der Waals surface area contributed by atoms with Crippen molar-refractivity contribution in [2.24, 2.45) is 5.92 Å². The van der Waals surface area contributed by atoms with Crippen molar-refractivity contribution in [3.63, 3.8) is 0 Å². The third-order valence-electron chi connectivity index (χ3n) is 5.53. The second-order valence-electron chi connectivity index (χ2n) is 6.97. The number of piperidine rings is 2. The van der Waals surface area contributed by atoms with Gasteiger partial charge in [-0.05, 0) is 53.7 Å². The van der Waals surface area contributed by atoms with Crippen LogP contribution in [0.25, 0.3) is 0 Å². The van der Waals surface area contributed by atoms with Crippen molar-refractivity contribution in [1.82, 2.24) is 0 Å². The normalized spacial score (nSPS) is 30.0. The number of ether oxygens (including phenoxy) is 1. The number of halogens is 2. The van der Waals surface area contributed by atoms with E-state index in [1.54, 1.807) is 0 Å². The molecule has 0 amide bonds. The Morgan fingerprint density at radius 3 is 2.74 bits per heavy atom. The first-order valence-electron chi connectivity index (χ1n) is 8.36. The molecular weight excluding hydrogens is 469 g/mol. The number of fused-ring (bicyclic) bond motifs is 1. The van der Waals surface area contributed by atoms with Gasteiger partial charge >= 0.3 is 5.97 Å². The van der Waals surface area contributed by atoms with Crippen LogP contribution < -0.4 is 0 Å². The Labute approximate surface area is 164 Å². The van der Waals surface area contributed by atoms with Crippen molar-refractivity contribution in [2.45, 2.75) is 38.1 Å². The van der Waals surface area contributed by atoms with Gasteiger partial charge in [-0.1, -0.05) is 12.1 Å². The summed E-state index contributed by atoms with van der Waals surface area (Å²) >= 11 is 3.42. The zero-order valence-electron chi connectivity index (χ0n) is 13.7. The molecule has 3 unspecified atom stereocenters. The fourth-order valence-electron chi connectivity index (χ4n) is 4.31. The molecule has 2 fully saturated rings. The Balaban J connectivity index is 0.00000192. The van der Waals surface area contributed by atoms with E-state index in [4.69, 9.17) is 4.74 Å². The van der Waals surface area contributed by atoms with Gasteiger partial charge in [0.2, 0.25) is 0 Å². The van der Waals surface area contributed by atoms with Gasteiger partial charge < -0.3 is 9.22 Å². The van der Waals surface area contributed by atoms with Crippen molar-refractivity contribution in [1.29, 1.82) is 0 Å². The molecule has 128 valence electrons. The maximum Gasteiger partial charge on any atom is 0.339 e. The van der Waals surface area contributed by atoms with Crippen molar-refractivity contribution in [3.8, 4) is 0 Å². The molecular formula is C18H26BrINO2+. The Morgan fingerprint density at radius 1 is 1.22 bits per heavy atom. The maximum absolute atomic E-state index is 12.3. The first-order valence-corrected chi connectivity index (χ1v) is 9.15. The second-order valence-corrected chi connectivity index (χ2v) is 7.82. The van der Waals surface area contributed by atoms with Gasteiger partial charge in [0.15, 0.2) is 0 Å². The standard InChI is InChI=1S/C18H25BrNO2.HI/c1-20-11-5-4-10-17(20)14(7-6-12-20)13-22-18(21)15-8-2-3-9-16(15)19;/h2-3,8-9,14,17H,4-7,10-13H2,1H3;1H/q+1;. The zero-order chi connectivity index (χ0) is 15.6. The molecule has 0 saturated carbocycles. The summed E-state index contributed by atoms with van der Waals surface area (Å²) < 4.78 is 7.66. The molecule has 2 heterocycles. The van der Waals surface area contributed by atoms with Gasteiger partial charge in [-0.25, -0.2) is 4.79 Å². The number of carbonyl (C=O) groups excluding carboxylic acids is 1. The van der Waals surface area contributed by atoms with Crippen LogP contribution in [-0.4, -0.2) is 43.2 Å². The molecule has 2 aliphatic rings. The molecule has 0 N–H and O–H groups in total. The third kappa shape index (κ3) is 4.28. The fraction of sp³-hybridized carbons (Fsp3) is 0.611. The van der Waals surface area contributed by atoms with Gasteiger partial charge in [0.05, 0.1) is 31.7 Å². The molecule has 1 aromatic rings. The van der Waals surface area contributed by atoms with Crippen LogP contribution in [0.2, 0.25) is 0 Å². The maximum atomic E-state index is 12.3. The van der Waals surface area contributed by atoms with Crippen LogP contribution in [0.3, 0.4) is 0 Å². The lowest BCUT2D eigenvalue weighted by atomic mass is 9.82. The molecule has 3 nitrogen and oxygen atoms in total. The average Bonchev–Trinajstić information content (AvgIpc) is 2.52. The van der Waals surface area contributed by atoms with Gasteiger partial charge in [-0.15, -0.1) is 24.0 Å². The highest BCUT2D eigenvalue weighted by atomic mass is 127. The predicted octanol–water partition coefficient (Wildman–Crippen LogP) is 4.63. The van der Waals surface area contributed by atoms with Gasteiger partial charge in [-0.2, -0.15) is 0 Å². The van der Waals surface area contributed by atoms with Crippen molar-refractivity contribution >= 4 is 45.9 Å². The topological polar surface area (TPSA) is 26.3 Å². The molecule has 23 heavy (non-hydrogen) atoms. The molecule has 2 saturated heterocycles. The number of quaternary nitrogens is 1. The Morgan fingerprint density at radius 2 is 1.96 bits per heavy atom. The van der Waals surface area contributed by atoms with Crippen LogP contribution in [-0.2, 0) is 4.74 Å². The van der Waals surface area contributed by atoms with E-state index in [1.165, 1.54) is 49.7 Å². The van der Waals surface area contributed by atoms with E-state index < -0.39 is 0 Å². The molecule has 3 rings (SSSR count). The Bertz CT molecular complexity index is 550. The first kappa shape index (κ1) is 19.2. The number of hydrogen-bond donors (Lipinski definition) is 0. The lowest BCUT2D eigenvalue weighted by Gasteiger charge is -2.51. The van der Waals surface area contributed by atoms with Gasteiger partial charge in [-0.3, -0.25) is 0 Å². The molecule has 0 aromatic heterocycles. The quantitative estimate of drug-likeness (QED) is 0.348. The third-order valence-corrected chi connectivity index (χ3v) is 6.22. The molecule has 2 aliphatic heterocycles. The SMILES string of the molecule is C[N+]12CCCCC1C(COC(=O)c1ccccc1Br)CCC2.I. The minimum atomic E-state index is -0.205. The smallest absolute Gasteiger partial charge is 0.339 e. The van der Waals surface area contributed by atoms with Gasteiger partial charge in [0.25, 0.3) is 0 Å². The summed E-state index contributed by atoms with van der Waals surface area (Å²) in [6, 6.07) is 8.15. The Hall–Kier alpha value is -0.140. The van der Waals surface area contributed by atoms with E-state index in [0.29, 0.717) is 24.1 Å². The summed E-state index contributed by atoms with van der Waals surface area (Å²) in [6.45, 7) is 3.15. The Kier molecular flexibility index (Phi) is 6.92. The van der Waals surface area contributed by atoms with E-state index in [1.807, 2.05) is 24.3 Å². The number of nitrogens with zero attached hydrogens (tertiary/aromatic N) is 1.